The summed E-state index contributed by atoms with van der Waals surface area (Å²) in [4.78, 5) is 33.6. The van der Waals surface area contributed by atoms with Gasteiger partial charge in [-0.1, -0.05) is 55.3 Å². The van der Waals surface area contributed by atoms with Gasteiger partial charge in [0.1, 0.15) is 29.4 Å². The van der Waals surface area contributed by atoms with Crippen molar-refractivity contribution in [1.82, 2.24) is 9.88 Å². The molecule has 5 aromatic rings. The first-order valence-electron chi connectivity index (χ1n) is 17.4. The molecule has 1 amide bonds. The molecule has 0 bridgehead atoms. The molecule has 1 aliphatic carbocycles. The van der Waals surface area contributed by atoms with Gasteiger partial charge >= 0.3 is 5.97 Å². The van der Waals surface area contributed by atoms with Gasteiger partial charge in [-0.2, -0.15) is 0 Å². The smallest absolute Gasteiger partial charge is 0.339 e. The number of piperidine rings is 1. The molecule has 8 rings (SSSR count). The molecule has 8 nitrogen and oxygen atoms in total. The number of carboxylic acid groups (broad SMARTS) is 1. The molecule has 4 aromatic carbocycles. The SMILES string of the molecule is O=C(O)c1ccc(N2CCC(CN3C(=O)C4(CCCC4)C3c3cccc(OCc4ccccc4)c3)CC2)cc1Oc1ccc2[nH]ccc2c1. The van der Waals surface area contributed by atoms with Crippen LogP contribution in [-0.2, 0) is 11.4 Å². The number of fused-ring (bicyclic) bond motifs is 1. The molecule has 8 heteroatoms. The van der Waals surface area contributed by atoms with Gasteiger partial charge in [0, 0.05) is 48.5 Å². The van der Waals surface area contributed by atoms with Crippen molar-refractivity contribution >= 4 is 28.5 Å². The van der Waals surface area contributed by atoms with Gasteiger partial charge in [-0.3, -0.25) is 4.79 Å². The molecule has 1 saturated carbocycles. The van der Waals surface area contributed by atoms with Crippen LogP contribution in [0.3, 0.4) is 0 Å². The molecule has 1 aromatic heterocycles. The molecule has 1 unspecified atom stereocenters. The van der Waals surface area contributed by atoms with Gasteiger partial charge in [-0.05, 0) is 91.3 Å². The largest absolute Gasteiger partial charge is 0.489 e. The third kappa shape index (κ3) is 6.01. The second-order valence-corrected chi connectivity index (χ2v) is 13.8. The number of H-pyrrole nitrogens is 1. The standard InChI is InChI=1S/C41H41N3O5/c45-39(46)35-13-11-32(25-37(35)49-34-12-14-36-30(23-34)15-20-42-36)43-21-16-28(17-22-43)26-44-38(41(40(44)47)18-4-5-19-41)31-9-6-10-33(24-31)48-27-29-7-2-1-3-8-29/h1-3,6-15,20,23-25,28,38,42H,4-5,16-19,21-22,26-27H2,(H,45,46). The number of likely N-dealkylation sites (tertiary alicyclic amines) is 1. The molecule has 0 radical (unpaired) electrons. The van der Waals surface area contributed by atoms with Crippen molar-refractivity contribution in [2.45, 2.75) is 51.2 Å². The molecule has 3 heterocycles. The number of β-lactam (4-membered cyclic amide) rings is 1. The van der Waals surface area contributed by atoms with Crippen molar-refractivity contribution in [3.05, 3.63) is 120 Å². The number of nitrogens with zero attached hydrogens (tertiary/aromatic N) is 2. The molecule has 1 atom stereocenters. The molecular weight excluding hydrogens is 614 g/mol. The van der Waals surface area contributed by atoms with E-state index < -0.39 is 5.97 Å². The fourth-order valence-electron chi connectivity index (χ4n) is 8.29. The zero-order chi connectivity index (χ0) is 33.4. The van der Waals surface area contributed by atoms with E-state index in [-0.39, 0.29) is 17.0 Å². The highest BCUT2D eigenvalue weighted by atomic mass is 16.5. The van der Waals surface area contributed by atoms with Gasteiger partial charge in [0.2, 0.25) is 5.91 Å². The van der Waals surface area contributed by atoms with E-state index in [1.807, 2.05) is 66.9 Å². The number of benzene rings is 4. The third-order valence-corrected chi connectivity index (χ3v) is 10.8. The van der Waals surface area contributed by atoms with Crippen LogP contribution in [0.25, 0.3) is 10.9 Å². The topological polar surface area (TPSA) is 95.1 Å². The van der Waals surface area contributed by atoms with Crippen LogP contribution < -0.4 is 14.4 Å². The Balaban J connectivity index is 0.949. The highest BCUT2D eigenvalue weighted by Crippen LogP contribution is 2.59. The minimum absolute atomic E-state index is 0.0783. The first-order chi connectivity index (χ1) is 24.0. The lowest BCUT2D eigenvalue weighted by Gasteiger charge is -2.56. The van der Waals surface area contributed by atoms with Crippen molar-refractivity contribution in [1.29, 1.82) is 0 Å². The number of aromatic nitrogens is 1. The molecule has 3 aliphatic rings. The van der Waals surface area contributed by atoms with Crippen LogP contribution in [0.2, 0.25) is 0 Å². The quantitative estimate of drug-likeness (QED) is 0.146. The van der Waals surface area contributed by atoms with E-state index in [0.29, 0.717) is 29.9 Å². The summed E-state index contributed by atoms with van der Waals surface area (Å²) in [6.07, 6.45) is 7.88. The van der Waals surface area contributed by atoms with Crippen LogP contribution >= 0.6 is 0 Å². The van der Waals surface area contributed by atoms with Crippen molar-refractivity contribution in [3.8, 4) is 17.2 Å². The fraction of sp³-hybridized carbons (Fsp3) is 0.317. The normalized spacial score (nSPS) is 18.9. The van der Waals surface area contributed by atoms with E-state index in [1.54, 1.807) is 6.07 Å². The minimum atomic E-state index is -1.02. The number of nitrogens with one attached hydrogen (secondary N) is 1. The zero-order valence-corrected chi connectivity index (χ0v) is 27.5. The molecule has 3 fully saturated rings. The van der Waals surface area contributed by atoms with Crippen molar-refractivity contribution in [2.24, 2.45) is 11.3 Å². The number of amides is 1. The molecule has 250 valence electrons. The molecule has 2 aliphatic heterocycles. The lowest BCUT2D eigenvalue weighted by atomic mass is 9.66. The van der Waals surface area contributed by atoms with Gasteiger partial charge in [-0.25, -0.2) is 4.79 Å². The number of hydrogen-bond donors (Lipinski definition) is 2. The van der Waals surface area contributed by atoms with Gasteiger partial charge < -0.3 is 29.4 Å². The van der Waals surface area contributed by atoms with E-state index in [0.717, 1.165) is 86.1 Å². The Hall–Kier alpha value is -5.24. The van der Waals surface area contributed by atoms with Crippen LogP contribution in [-0.4, -0.2) is 46.5 Å². The average molecular weight is 656 g/mol. The van der Waals surface area contributed by atoms with Gasteiger partial charge in [0.05, 0.1) is 11.5 Å². The monoisotopic (exact) mass is 655 g/mol. The highest BCUT2D eigenvalue weighted by Gasteiger charge is 2.61. The molecule has 2 saturated heterocycles. The molecule has 2 N–H and O–H groups in total. The summed E-state index contributed by atoms with van der Waals surface area (Å²) in [5.74, 6) is 1.44. The highest BCUT2D eigenvalue weighted by molar-refractivity contribution is 5.92. The number of carbonyl (C=O) groups is 2. The Labute approximate surface area is 286 Å². The van der Waals surface area contributed by atoms with Crippen LogP contribution in [0.1, 0.15) is 66.1 Å². The second kappa shape index (κ2) is 13.0. The van der Waals surface area contributed by atoms with E-state index in [1.165, 1.54) is 5.56 Å². The number of aromatic amines is 1. The van der Waals surface area contributed by atoms with E-state index in [9.17, 15) is 14.7 Å². The van der Waals surface area contributed by atoms with Gasteiger partial charge in [0.15, 0.2) is 0 Å². The number of carbonyl (C=O) groups excluding carboxylic acids is 1. The maximum absolute atomic E-state index is 13.9. The Bertz CT molecular complexity index is 1970. The van der Waals surface area contributed by atoms with Gasteiger partial charge in [0.25, 0.3) is 0 Å². The minimum Gasteiger partial charge on any atom is -0.489 e. The second-order valence-electron chi connectivity index (χ2n) is 13.8. The van der Waals surface area contributed by atoms with Crippen molar-refractivity contribution in [3.63, 3.8) is 0 Å². The van der Waals surface area contributed by atoms with Crippen molar-refractivity contribution < 1.29 is 24.2 Å². The average Bonchev–Trinajstić information content (AvgIpc) is 3.83. The zero-order valence-electron chi connectivity index (χ0n) is 27.5. The maximum atomic E-state index is 13.9. The number of ether oxygens (including phenoxy) is 2. The fourth-order valence-corrected chi connectivity index (χ4v) is 8.29. The van der Waals surface area contributed by atoms with Crippen LogP contribution in [0.5, 0.6) is 17.2 Å². The van der Waals surface area contributed by atoms with Crippen LogP contribution in [0.4, 0.5) is 5.69 Å². The number of rotatable bonds is 10. The summed E-state index contributed by atoms with van der Waals surface area (Å²) in [5.41, 5.74) is 4.08. The number of carboxylic acids is 1. The summed E-state index contributed by atoms with van der Waals surface area (Å²) in [7, 11) is 0. The first-order valence-corrected chi connectivity index (χ1v) is 17.4. The maximum Gasteiger partial charge on any atom is 0.339 e. The summed E-state index contributed by atoms with van der Waals surface area (Å²) < 4.78 is 12.4. The lowest BCUT2D eigenvalue weighted by Crippen LogP contribution is -2.63. The lowest BCUT2D eigenvalue weighted by molar-refractivity contribution is -0.174. The Morgan fingerprint density at radius 1 is 0.878 bits per heavy atom. The summed E-state index contributed by atoms with van der Waals surface area (Å²) >= 11 is 0. The molecule has 49 heavy (non-hydrogen) atoms. The Morgan fingerprint density at radius 2 is 1.69 bits per heavy atom. The number of aromatic carboxylic acids is 1. The Morgan fingerprint density at radius 3 is 2.49 bits per heavy atom. The molecule has 1 spiro atoms. The van der Waals surface area contributed by atoms with Gasteiger partial charge in [-0.15, -0.1) is 0 Å². The number of anilines is 1. The first kappa shape index (κ1) is 31.1. The van der Waals surface area contributed by atoms with Crippen LogP contribution in [0, 0.1) is 11.3 Å². The predicted molar refractivity (Wildman–Crippen MR) is 189 cm³/mol. The van der Waals surface area contributed by atoms with Crippen LogP contribution in [0.15, 0.2) is 103 Å². The third-order valence-electron chi connectivity index (χ3n) is 10.8. The number of hydrogen-bond acceptors (Lipinski definition) is 5. The Kier molecular flexibility index (Phi) is 8.23. The predicted octanol–water partition coefficient (Wildman–Crippen LogP) is 8.60. The van der Waals surface area contributed by atoms with Crippen molar-refractivity contribution in [2.75, 3.05) is 24.5 Å². The van der Waals surface area contributed by atoms with E-state index in [2.05, 4.69) is 45.1 Å². The van der Waals surface area contributed by atoms with E-state index in [4.69, 9.17) is 9.47 Å². The molecular formula is C41H41N3O5. The summed E-state index contributed by atoms with van der Waals surface area (Å²) in [6.45, 7) is 2.92. The summed E-state index contributed by atoms with van der Waals surface area (Å²) in [6, 6.07) is 31.6. The summed E-state index contributed by atoms with van der Waals surface area (Å²) in [5, 5.41) is 10.9. The van der Waals surface area contributed by atoms with E-state index >= 15 is 0 Å².